The molecule has 1 fully saturated rings. The molecule has 10 nitrogen and oxygen atoms in total. The fourth-order valence-electron chi connectivity index (χ4n) is 4.09. The van der Waals surface area contributed by atoms with E-state index in [2.05, 4.69) is 30.9 Å². The Morgan fingerprint density at radius 2 is 1.89 bits per heavy atom. The summed E-state index contributed by atoms with van der Waals surface area (Å²) in [5.74, 6) is -1.47. The number of aromatic nitrogens is 5. The molecule has 1 saturated carbocycles. The van der Waals surface area contributed by atoms with Crippen molar-refractivity contribution >= 4 is 17.8 Å². The molecule has 0 saturated heterocycles. The number of carbonyl (C=O) groups is 2. The van der Waals surface area contributed by atoms with Crippen LogP contribution in [0.3, 0.4) is 0 Å². The van der Waals surface area contributed by atoms with Gasteiger partial charge < -0.3 is 10.1 Å². The number of pyridine rings is 2. The highest BCUT2D eigenvalue weighted by molar-refractivity contribution is 5.95. The molecule has 2 amide bonds. The van der Waals surface area contributed by atoms with E-state index >= 15 is 0 Å². The number of nitrogens with one attached hydrogen (secondary N) is 2. The number of hydrogen-bond acceptors (Lipinski definition) is 7. The first-order chi connectivity index (χ1) is 18.3. The average Bonchev–Trinajstić information content (AvgIpc) is 3.59. The normalized spacial score (nSPS) is 16.9. The van der Waals surface area contributed by atoms with Crippen LogP contribution in [0.5, 0.6) is 0 Å². The topological polar surface area (TPSA) is 124 Å². The Hall–Kier alpha value is -4.74. The standard InChI is InChI=1S/C26H23F2N7O3/c1-14(18-10-17(27)13-30-23(18)28)38-26(37)32-24-22(33-34-35(24)2)20-9-8-16(12-29-20)25(36)31-21-11-19(21)15-6-4-3-5-7-15/h3-10,12-14,19,21H,11H2,1-2H3,(H,31,36)(H,32,37)/t14-,19+,21-/m1/s1. The third-order valence-corrected chi connectivity index (χ3v) is 6.20. The molecule has 12 heteroatoms. The van der Waals surface area contributed by atoms with E-state index in [0.29, 0.717) is 17.2 Å². The van der Waals surface area contributed by atoms with Gasteiger partial charge in [0, 0.05) is 25.2 Å². The third-order valence-electron chi connectivity index (χ3n) is 6.20. The van der Waals surface area contributed by atoms with Crippen LogP contribution in [0.25, 0.3) is 11.4 Å². The van der Waals surface area contributed by atoms with Gasteiger partial charge in [0.25, 0.3) is 5.91 Å². The van der Waals surface area contributed by atoms with E-state index < -0.39 is 24.0 Å². The predicted molar refractivity (Wildman–Crippen MR) is 132 cm³/mol. The molecular formula is C26H23F2N7O3. The van der Waals surface area contributed by atoms with Gasteiger partial charge in [0.05, 0.1) is 23.0 Å². The number of anilines is 1. The first-order valence-electron chi connectivity index (χ1n) is 11.8. The van der Waals surface area contributed by atoms with Gasteiger partial charge >= 0.3 is 6.09 Å². The molecule has 4 aromatic rings. The minimum Gasteiger partial charge on any atom is -0.441 e. The third kappa shape index (κ3) is 5.33. The van der Waals surface area contributed by atoms with Gasteiger partial charge in [-0.15, -0.1) is 5.10 Å². The van der Waals surface area contributed by atoms with Crippen molar-refractivity contribution < 1.29 is 23.1 Å². The molecule has 5 rings (SSSR count). The Bertz CT molecular complexity index is 1480. The summed E-state index contributed by atoms with van der Waals surface area (Å²) in [6.45, 7) is 1.39. The second-order valence-corrected chi connectivity index (χ2v) is 8.88. The molecule has 3 aromatic heterocycles. The lowest BCUT2D eigenvalue weighted by Crippen LogP contribution is -2.26. The Labute approximate surface area is 216 Å². The Morgan fingerprint density at radius 3 is 2.63 bits per heavy atom. The highest BCUT2D eigenvalue weighted by Crippen LogP contribution is 2.40. The second-order valence-electron chi connectivity index (χ2n) is 8.88. The van der Waals surface area contributed by atoms with Crippen LogP contribution in [-0.4, -0.2) is 43.0 Å². The smallest absolute Gasteiger partial charge is 0.413 e. The van der Waals surface area contributed by atoms with Crippen molar-refractivity contribution in [3.05, 3.63) is 89.4 Å². The van der Waals surface area contributed by atoms with E-state index in [1.54, 1.807) is 19.2 Å². The SMILES string of the molecule is C[C@@H](OC(=O)Nc1c(-c2ccc(C(=O)N[C@@H]3C[C@H]3c3ccccc3)cn2)nnn1C)c1cc(F)cnc1F. The summed E-state index contributed by atoms with van der Waals surface area (Å²) >= 11 is 0. The molecule has 2 N–H and O–H groups in total. The molecule has 38 heavy (non-hydrogen) atoms. The average molecular weight is 520 g/mol. The van der Waals surface area contributed by atoms with Crippen LogP contribution in [0, 0.1) is 11.8 Å². The summed E-state index contributed by atoms with van der Waals surface area (Å²) in [6.07, 6.45) is 0.970. The number of nitrogens with zero attached hydrogens (tertiary/aromatic N) is 5. The van der Waals surface area contributed by atoms with E-state index in [9.17, 15) is 18.4 Å². The molecule has 1 aliphatic rings. The largest absolute Gasteiger partial charge is 0.441 e. The molecule has 0 bridgehead atoms. The summed E-state index contributed by atoms with van der Waals surface area (Å²) in [7, 11) is 1.55. The van der Waals surface area contributed by atoms with E-state index in [-0.39, 0.29) is 29.0 Å². The van der Waals surface area contributed by atoms with Crippen LogP contribution in [0.2, 0.25) is 0 Å². The summed E-state index contributed by atoms with van der Waals surface area (Å²) in [5.41, 5.74) is 1.95. The fourth-order valence-corrected chi connectivity index (χ4v) is 4.09. The van der Waals surface area contributed by atoms with Crippen molar-refractivity contribution in [2.24, 2.45) is 7.05 Å². The van der Waals surface area contributed by atoms with Gasteiger partial charge in [0.1, 0.15) is 11.9 Å². The van der Waals surface area contributed by atoms with Gasteiger partial charge in [-0.1, -0.05) is 35.5 Å². The highest BCUT2D eigenvalue weighted by Gasteiger charge is 2.39. The Kier molecular flexibility index (Phi) is 6.77. The van der Waals surface area contributed by atoms with Crippen LogP contribution in [-0.2, 0) is 11.8 Å². The first-order valence-corrected chi connectivity index (χ1v) is 11.8. The number of hydrogen-bond donors (Lipinski definition) is 2. The van der Waals surface area contributed by atoms with Crippen molar-refractivity contribution in [2.75, 3.05) is 5.32 Å². The van der Waals surface area contributed by atoms with Gasteiger partial charge in [-0.3, -0.25) is 15.1 Å². The van der Waals surface area contributed by atoms with Crippen molar-refractivity contribution in [1.29, 1.82) is 0 Å². The van der Waals surface area contributed by atoms with Crippen molar-refractivity contribution in [3.63, 3.8) is 0 Å². The molecule has 0 aliphatic heterocycles. The van der Waals surface area contributed by atoms with Crippen molar-refractivity contribution in [1.82, 2.24) is 30.3 Å². The number of rotatable bonds is 7. The summed E-state index contributed by atoms with van der Waals surface area (Å²) in [5, 5.41) is 13.5. The minimum atomic E-state index is -1.12. The van der Waals surface area contributed by atoms with Gasteiger partial charge in [-0.25, -0.2) is 18.9 Å². The summed E-state index contributed by atoms with van der Waals surface area (Å²) in [6, 6.07) is 14.2. The molecular weight excluding hydrogens is 496 g/mol. The zero-order chi connectivity index (χ0) is 26.8. The van der Waals surface area contributed by atoms with E-state index in [1.165, 1.54) is 23.4 Å². The zero-order valence-corrected chi connectivity index (χ0v) is 20.4. The molecule has 1 aliphatic carbocycles. The molecule has 3 heterocycles. The van der Waals surface area contributed by atoms with Gasteiger partial charge in [0.2, 0.25) is 5.95 Å². The molecule has 1 aromatic carbocycles. The molecule has 0 spiro atoms. The minimum absolute atomic E-state index is 0.0745. The number of halogens is 2. The maximum absolute atomic E-state index is 13.9. The van der Waals surface area contributed by atoms with Crippen LogP contribution < -0.4 is 10.6 Å². The van der Waals surface area contributed by atoms with Crippen LogP contribution >= 0.6 is 0 Å². The fraction of sp³-hybridized carbons (Fsp3) is 0.231. The highest BCUT2D eigenvalue weighted by atomic mass is 19.1. The summed E-state index contributed by atoms with van der Waals surface area (Å²) < 4.78 is 33.8. The van der Waals surface area contributed by atoms with E-state index in [4.69, 9.17) is 4.74 Å². The maximum Gasteiger partial charge on any atom is 0.413 e. The molecule has 3 atom stereocenters. The number of amides is 2. The molecule has 0 unspecified atom stereocenters. The summed E-state index contributed by atoms with van der Waals surface area (Å²) in [4.78, 5) is 32.8. The number of ether oxygens (including phenoxy) is 1. The second kappa shape index (κ2) is 10.3. The van der Waals surface area contributed by atoms with Crippen molar-refractivity contribution in [2.45, 2.75) is 31.4 Å². The zero-order valence-electron chi connectivity index (χ0n) is 20.4. The number of carbonyl (C=O) groups excluding carboxylic acids is 2. The lowest BCUT2D eigenvalue weighted by Gasteiger charge is -2.15. The van der Waals surface area contributed by atoms with E-state index in [0.717, 1.165) is 18.7 Å². The number of aryl methyl sites for hydroxylation is 1. The Balaban J connectivity index is 1.23. The monoisotopic (exact) mass is 519 g/mol. The molecule has 0 radical (unpaired) electrons. The lowest BCUT2D eigenvalue weighted by atomic mass is 10.1. The quantitative estimate of drug-likeness (QED) is 0.352. The van der Waals surface area contributed by atoms with Crippen LogP contribution in [0.4, 0.5) is 19.4 Å². The van der Waals surface area contributed by atoms with Crippen LogP contribution in [0.15, 0.2) is 60.9 Å². The van der Waals surface area contributed by atoms with Gasteiger partial charge in [0.15, 0.2) is 11.5 Å². The molecule has 194 valence electrons. The van der Waals surface area contributed by atoms with Gasteiger partial charge in [-0.05, 0) is 37.1 Å². The Morgan fingerprint density at radius 1 is 1.11 bits per heavy atom. The van der Waals surface area contributed by atoms with Crippen LogP contribution in [0.1, 0.15) is 46.9 Å². The van der Waals surface area contributed by atoms with Crippen molar-refractivity contribution in [3.8, 4) is 11.4 Å². The lowest BCUT2D eigenvalue weighted by molar-refractivity contribution is 0.0949. The number of benzene rings is 1. The predicted octanol–water partition coefficient (Wildman–Crippen LogP) is 4.15. The van der Waals surface area contributed by atoms with E-state index in [1.807, 2.05) is 30.3 Å². The van der Waals surface area contributed by atoms with Gasteiger partial charge in [-0.2, -0.15) is 4.39 Å². The first kappa shape index (κ1) is 24.9. The maximum atomic E-state index is 13.9.